The minimum atomic E-state index is 0.697. The van der Waals surface area contributed by atoms with Gasteiger partial charge in [-0.1, -0.05) is 35.8 Å². The van der Waals surface area contributed by atoms with Gasteiger partial charge in [0.25, 0.3) is 0 Å². The number of furan rings is 2. The van der Waals surface area contributed by atoms with Gasteiger partial charge in [-0.2, -0.15) is 0 Å². The first-order valence-corrected chi connectivity index (χ1v) is 6.83. The maximum Gasteiger partial charge on any atom is 0.147 e. The molecule has 0 bridgehead atoms. The Morgan fingerprint density at radius 2 is 1.52 bits per heavy atom. The number of hydrogen-bond acceptors (Lipinski definition) is 2. The van der Waals surface area contributed by atoms with Crippen molar-refractivity contribution in [2.75, 3.05) is 0 Å². The van der Waals surface area contributed by atoms with E-state index in [1.54, 1.807) is 0 Å². The largest absolute Gasteiger partial charge is 0.456 e. The molecule has 96 valence electrons. The summed E-state index contributed by atoms with van der Waals surface area (Å²) < 4.78 is 12.0. The van der Waals surface area contributed by atoms with E-state index in [1.165, 1.54) is 0 Å². The van der Waals surface area contributed by atoms with Crippen molar-refractivity contribution in [1.29, 1.82) is 0 Å². The summed E-state index contributed by atoms with van der Waals surface area (Å²) in [6.07, 6.45) is 0. The molecule has 0 aliphatic rings. The maximum absolute atomic E-state index is 6.07. The smallest absolute Gasteiger partial charge is 0.147 e. The van der Waals surface area contributed by atoms with Gasteiger partial charge in [0, 0.05) is 16.2 Å². The molecule has 0 fully saturated rings. The van der Waals surface area contributed by atoms with E-state index in [1.807, 2.05) is 42.5 Å². The molecule has 21 heavy (non-hydrogen) atoms. The maximum atomic E-state index is 6.07. The number of fused-ring (bicyclic) bond motifs is 7. The molecule has 0 spiro atoms. The van der Waals surface area contributed by atoms with E-state index in [0.717, 1.165) is 43.9 Å². The third-order valence-electron chi connectivity index (χ3n) is 4.00. The molecule has 5 rings (SSSR count). The molecule has 3 heteroatoms. The first kappa shape index (κ1) is 11.0. The Morgan fingerprint density at radius 1 is 0.667 bits per heavy atom. The highest BCUT2D eigenvalue weighted by Crippen LogP contribution is 2.38. The Kier molecular flexibility index (Phi) is 1.94. The lowest BCUT2D eigenvalue weighted by atomic mass is 9.95. The van der Waals surface area contributed by atoms with Gasteiger partial charge in [-0.25, -0.2) is 0 Å². The molecule has 0 saturated carbocycles. The van der Waals surface area contributed by atoms with Crippen LogP contribution in [0.4, 0.5) is 0 Å². The fourth-order valence-corrected chi connectivity index (χ4v) is 3.06. The summed E-state index contributed by atoms with van der Waals surface area (Å²) in [6, 6.07) is 17.8. The summed E-state index contributed by atoms with van der Waals surface area (Å²) in [5.41, 5.74) is 4.07. The molecule has 3 aromatic carbocycles. The van der Waals surface area contributed by atoms with Crippen LogP contribution in [0.2, 0.25) is 0 Å². The van der Waals surface area contributed by atoms with Gasteiger partial charge in [0.15, 0.2) is 0 Å². The standard InChI is InChI=1S/C18H9BO2/c19-10-5-6-13-16(9-10)20-15-8-7-12-11-3-1-2-4-14(11)21-18(12)17(13)15/h1-9H. The summed E-state index contributed by atoms with van der Waals surface area (Å²) in [5, 5.41) is 4.28. The Balaban J connectivity index is 2.09. The Morgan fingerprint density at radius 3 is 2.48 bits per heavy atom. The fraction of sp³-hybridized carbons (Fsp3) is 0. The van der Waals surface area contributed by atoms with E-state index in [0.29, 0.717) is 5.46 Å². The Labute approximate surface area is 121 Å². The number of rotatable bonds is 0. The lowest BCUT2D eigenvalue weighted by molar-refractivity contribution is 0.663. The Bertz CT molecular complexity index is 1150. The molecule has 0 N–H and O–H groups in total. The van der Waals surface area contributed by atoms with Crippen LogP contribution in [-0.4, -0.2) is 7.85 Å². The second-order valence-electron chi connectivity index (χ2n) is 5.27. The van der Waals surface area contributed by atoms with Crippen LogP contribution in [0.5, 0.6) is 0 Å². The quantitative estimate of drug-likeness (QED) is 0.392. The van der Waals surface area contributed by atoms with Crippen LogP contribution in [0.3, 0.4) is 0 Å². The molecular formula is C18H9BO2. The number of hydrogen-bond donors (Lipinski definition) is 0. The average Bonchev–Trinajstić information content (AvgIpc) is 3.03. The molecule has 0 unspecified atom stereocenters. The molecule has 2 radical (unpaired) electrons. The van der Waals surface area contributed by atoms with E-state index >= 15 is 0 Å². The zero-order valence-corrected chi connectivity index (χ0v) is 11.1. The van der Waals surface area contributed by atoms with Gasteiger partial charge in [0.1, 0.15) is 30.2 Å². The Hall–Kier alpha value is -2.68. The van der Waals surface area contributed by atoms with Gasteiger partial charge in [0.2, 0.25) is 0 Å². The lowest BCUT2D eigenvalue weighted by Gasteiger charge is -1.93. The molecule has 0 saturated heterocycles. The van der Waals surface area contributed by atoms with E-state index in [9.17, 15) is 0 Å². The molecule has 0 atom stereocenters. The van der Waals surface area contributed by atoms with Crippen molar-refractivity contribution >= 4 is 57.2 Å². The van der Waals surface area contributed by atoms with E-state index in [2.05, 4.69) is 12.1 Å². The highest BCUT2D eigenvalue weighted by molar-refractivity contribution is 6.33. The van der Waals surface area contributed by atoms with Crippen LogP contribution < -0.4 is 5.46 Å². The molecular weight excluding hydrogens is 259 g/mol. The van der Waals surface area contributed by atoms with Crippen molar-refractivity contribution in [1.82, 2.24) is 0 Å². The van der Waals surface area contributed by atoms with Gasteiger partial charge < -0.3 is 8.83 Å². The van der Waals surface area contributed by atoms with Gasteiger partial charge in [0.05, 0.1) is 5.39 Å². The SMILES string of the molecule is [B]c1ccc2c(c1)oc1ccc3c4ccccc4oc3c12. The first-order valence-electron chi connectivity index (χ1n) is 6.83. The molecule has 2 nitrogen and oxygen atoms in total. The van der Waals surface area contributed by atoms with Crippen molar-refractivity contribution in [2.45, 2.75) is 0 Å². The van der Waals surface area contributed by atoms with Crippen LogP contribution in [0.25, 0.3) is 43.9 Å². The van der Waals surface area contributed by atoms with Crippen molar-refractivity contribution in [3.8, 4) is 0 Å². The van der Waals surface area contributed by atoms with Crippen LogP contribution in [-0.2, 0) is 0 Å². The van der Waals surface area contributed by atoms with Gasteiger partial charge in [-0.3, -0.25) is 0 Å². The molecule has 2 heterocycles. The molecule has 0 aliphatic carbocycles. The fourth-order valence-electron chi connectivity index (χ4n) is 3.06. The number of benzene rings is 3. The second kappa shape index (κ2) is 3.70. The highest BCUT2D eigenvalue weighted by Gasteiger charge is 2.15. The highest BCUT2D eigenvalue weighted by atomic mass is 16.3. The number of para-hydroxylation sites is 1. The molecule has 0 aliphatic heterocycles. The third kappa shape index (κ3) is 1.38. The van der Waals surface area contributed by atoms with Crippen LogP contribution in [0.15, 0.2) is 63.4 Å². The zero-order chi connectivity index (χ0) is 14.0. The molecule has 5 aromatic rings. The molecule has 2 aromatic heterocycles. The summed E-state index contributed by atoms with van der Waals surface area (Å²) >= 11 is 0. The van der Waals surface area contributed by atoms with Crippen molar-refractivity contribution in [2.24, 2.45) is 0 Å². The van der Waals surface area contributed by atoms with Crippen LogP contribution in [0, 0.1) is 0 Å². The van der Waals surface area contributed by atoms with Gasteiger partial charge in [-0.15, -0.1) is 0 Å². The van der Waals surface area contributed by atoms with Crippen molar-refractivity contribution < 1.29 is 8.83 Å². The minimum absolute atomic E-state index is 0.697. The zero-order valence-electron chi connectivity index (χ0n) is 11.1. The first-order chi connectivity index (χ1) is 10.3. The van der Waals surface area contributed by atoms with Crippen molar-refractivity contribution in [3.05, 3.63) is 54.6 Å². The van der Waals surface area contributed by atoms with Gasteiger partial charge in [-0.05, 0) is 24.3 Å². The van der Waals surface area contributed by atoms with Crippen LogP contribution in [0.1, 0.15) is 0 Å². The van der Waals surface area contributed by atoms with Crippen molar-refractivity contribution in [3.63, 3.8) is 0 Å². The normalized spacial score (nSPS) is 12.0. The third-order valence-corrected chi connectivity index (χ3v) is 4.00. The molecule has 0 amide bonds. The summed E-state index contributed by atoms with van der Waals surface area (Å²) in [5.74, 6) is 0. The predicted molar refractivity (Wildman–Crippen MR) is 86.4 cm³/mol. The van der Waals surface area contributed by atoms with Gasteiger partial charge >= 0.3 is 0 Å². The second-order valence-corrected chi connectivity index (χ2v) is 5.27. The summed E-state index contributed by atoms with van der Waals surface area (Å²) in [4.78, 5) is 0. The lowest BCUT2D eigenvalue weighted by Crippen LogP contribution is -1.98. The summed E-state index contributed by atoms with van der Waals surface area (Å²) in [6.45, 7) is 0. The van der Waals surface area contributed by atoms with E-state index < -0.39 is 0 Å². The monoisotopic (exact) mass is 268 g/mol. The predicted octanol–water partition coefficient (Wildman–Crippen LogP) is 4.28. The minimum Gasteiger partial charge on any atom is -0.456 e. The van der Waals surface area contributed by atoms with E-state index in [4.69, 9.17) is 16.7 Å². The summed E-state index contributed by atoms with van der Waals surface area (Å²) in [7, 11) is 5.84. The topological polar surface area (TPSA) is 26.3 Å². The van der Waals surface area contributed by atoms with E-state index in [-0.39, 0.29) is 0 Å². The average molecular weight is 268 g/mol. The van der Waals surface area contributed by atoms with Crippen LogP contribution >= 0.6 is 0 Å².